The van der Waals surface area contributed by atoms with Crippen molar-refractivity contribution in [2.45, 2.75) is 51.2 Å². The van der Waals surface area contributed by atoms with Gasteiger partial charge < -0.3 is 14.8 Å². The second-order valence-corrected chi connectivity index (χ2v) is 5.46. The molecule has 0 unspecified atom stereocenters. The van der Waals surface area contributed by atoms with Crippen LogP contribution in [-0.2, 0) is 19.1 Å². The Hall–Kier alpha value is -1.88. The van der Waals surface area contributed by atoms with Crippen LogP contribution in [0.5, 0.6) is 0 Å². The van der Waals surface area contributed by atoms with Gasteiger partial charge in [-0.1, -0.05) is 62.9 Å². The van der Waals surface area contributed by atoms with E-state index in [1.54, 1.807) is 0 Å². The van der Waals surface area contributed by atoms with Gasteiger partial charge >= 0.3 is 5.97 Å². The minimum absolute atomic E-state index is 0.329. The van der Waals surface area contributed by atoms with Crippen LogP contribution in [0.4, 0.5) is 0 Å². The Morgan fingerprint density at radius 1 is 1.09 bits per heavy atom. The summed E-state index contributed by atoms with van der Waals surface area (Å²) in [7, 11) is 2.81. The minimum Gasteiger partial charge on any atom is -0.467 e. The average Bonchev–Trinajstić information content (AvgIpc) is 2.58. The van der Waals surface area contributed by atoms with Crippen LogP contribution in [0.1, 0.15) is 50.7 Å². The minimum atomic E-state index is -0.737. The number of esters is 1. The number of unbranched alkanes of at least 4 members (excludes halogenated alkanes) is 3. The molecule has 0 saturated carbocycles. The monoisotopic (exact) mass is 321 g/mol. The number of rotatable bonds is 10. The molecule has 128 valence electrons. The molecule has 0 spiro atoms. The van der Waals surface area contributed by atoms with E-state index in [-0.39, 0.29) is 5.91 Å². The van der Waals surface area contributed by atoms with Crippen molar-refractivity contribution in [3.63, 3.8) is 0 Å². The molecular weight excluding hydrogens is 294 g/mol. The largest absolute Gasteiger partial charge is 0.467 e. The summed E-state index contributed by atoms with van der Waals surface area (Å²) >= 11 is 0. The molecule has 0 aliphatic heterocycles. The molecule has 0 saturated heterocycles. The van der Waals surface area contributed by atoms with Gasteiger partial charge in [-0.2, -0.15) is 0 Å². The lowest BCUT2D eigenvalue weighted by molar-refractivity contribution is -0.147. The van der Waals surface area contributed by atoms with Crippen LogP contribution in [0.25, 0.3) is 0 Å². The summed E-state index contributed by atoms with van der Waals surface area (Å²) in [6, 6.07) is 8.57. The summed E-state index contributed by atoms with van der Waals surface area (Å²) in [5.41, 5.74) is 0.752. The molecule has 0 heterocycles. The third-order valence-electron chi connectivity index (χ3n) is 3.72. The molecule has 0 radical (unpaired) electrons. The molecule has 1 rings (SSSR count). The lowest BCUT2D eigenvalue weighted by Gasteiger charge is -2.20. The van der Waals surface area contributed by atoms with Crippen LogP contribution >= 0.6 is 0 Å². The first-order valence-corrected chi connectivity index (χ1v) is 8.10. The third-order valence-corrected chi connectivity index (χ3v) is 3.72. The smallest absolute Gasteiger partial charge is 0.328 e. The van der Waals surface area contributed by atoms with E-state index in [4.69, 9.17) is 9.47 Å². The maximum absolute atomic E-state index is 12.5. The molecule has 0 fully saturated rings. The van der Waals surface area contributed by atoms with Gasteiger partial charge in [-0.05, 0) is 12.0 Å². The highest BCUT2D eigenvalue weighted by atomic mass is 16.5. The highest BCUT2D eigenvalue weighted by Crippen LogP contribution is 2.17. The number of methoxy groups -OCH3 is 2. The van der Waals surface area contributed by atoms with Gasteiger partial charge in [0.25, 0.3) is 5.91 Å². The van der Waals surface area contributed by atoms with Crippen LogP contribution in [-0.4, -0.2) is 32.1 Å². The number of hydrogen-bond donors (Lipinski definition) is 1. The van der Waals surface area contributed by atoms with E-state index in [2.05, 4.69) is 12.2 Å². The average molecular weight is 321 g/mol. The standard InChI is InChI=1S/C18H27NO4/c1-4-5-6-10-13-15(18(21)23-3)19-17(20)16(22-2)14-11-8-7-9-12-14/h7-9,11-12,15-16H,4-6,10,13H2,1-3H3,(H,19,20)/t15-,16-/m1/s1. The highest BCUT2D eigenvalue weighted by Gasteiger charge is 2.26. The van der Waals surface area contributed by atoms with E-state index in [0.717, 1.165) is 31.2 Å². The summed E-state index contributed by atoms with van der Waals surface area (Å²) in [5, 5.41) is 2.76. The Bertz CT molecular complexity index is 475. The van der Waals surface area contributed by atoms with Crippen LogP contribution in [0.2, 0.25) is 0 Å². The molecule has 0 aromatic heterocycles. The van der Waals surface area contributed by atoms with E-state index in [0.29, 0.717) is 6.42 Å². The van der Waals surface area contributed by atoms with Gasteiger partial charge in [0.05, 0.1) is 7.11 Å². The number of carbonyl (C=O) groups excluding carboxylic acids is 2. The number of carbonyl (C=O) groups is 2. The van der Waals surface area contributed by atoms with Gasteiger partial charge in [0.15, 0.2) is 6.10 Å². The topological polar surface area (TPSA) is 64.6 Å². The molecule has 2 atom stereocenters. The molecule has 0 aliphatic rings. The predicted octanol–water partition coefficient (Wildman–Crippen LogP) is 3.00. The fourth-order valence-corrected chi connectivity index (χ4v) is 2.44. The number of amides is 1. The molecule has 1 amide bonds. The molecule has 0 aliphatic carbocycles. The first-order valence-electron chi connectivity index (χ1n) is 8.10. The molecule has 5 nitrogen and oxygen atoms in total. The zero-order valence-corrected chi connectivity index (χ0v) is 14.2. The zero-order chi connectivity index (χ0) is 17.1. The number of nitrogens with one attached hydrogen (secondary N) is 1. The first kappa shape index (κ1) is 19.2. The van der Waals surface area contributed by atoms with Gasteiger partial charge in [0.2, 0.25) is 0 Å². The van der Waals surface area contributed by atoms with E-state index >= 15 is 0 Å². The van der Waals surface area contributed by atoms with Gasteiger partial charge in [-0.15, -0.1) is 0 Å². The van der Waals surface area contributed by atoms with E-state index in [1.807, 2.05) is 30.3 Å². The quantitative estimate of drug-likeness (QED) is 0.531. The van der Waals surface area contributed by atoms with Crippen LogP contribution in [0, 0.1) is 0 Å². The Balaban J connectivity index is 2.68. The van der Waals surface area contributed by atoms with Gasteiger partial charge in [0, 0.05) is 7.11 Å². The SMILES string of the molecule is CCCCCC[C@@H](NC(=O)[C@H](OC)c1ccccc1)C(=O)OC. The second-order valence-electron chi connectivity index (χ2n) is 5.46. The Morgan fingerprint density at radius 2 is 1.78 bits per heavy atom. The molecule has 5 heteroatoms. The van der Waals surface area contributed by atoms with Gasteiger partial charge in [0.1, 0.15) is 6.04 Å². The van der Waals surface area contributed by atoms with Gasteiger partial charge in [-0.3, -0.25) is 4.79 Å². The van der Waals surface area contributed by atoms with Crippen molar-refractivity contribution in [3.05, 3.63) is 35.9 Å². The molecule has 1 N–H and O–H groups in total. The normalized spacial score (nSPS) is 13.2. The van der Waals surface area contributed by atoms with Crippen molar-refractivity contribution in [3.8, 4) is 0 Å². The Labute approximate surface area is 138 Å². The number of ether oxygens (including phenoxy) is 2. The van der Waals surface area contributed by atoms with Crippen molar-refractivity contribution < 1.29 is 19.1 Å². The predicted molar refractivity (Wildman–Crippen MR) is 88.9 cm³/mol. The van der Waals surface area contributed by atoms with Crippen molar-refractivity contribution in [1.29, 1.82) is 0 Å². The molecular formula is C18H27NO4. The van der Waals surface area contributed by atoms with Crippen molar-refractivity contribution in [2.75, 3.05) is 14.2 Å². The Kier molecular flexibility index (Phi) is 8.98. The fraction of sp³-hybridized carbons (Fsp3) is 0.556. The number of hydrogen-bond acceptors (Lipinski definition) is 4. The van der Waals surface area contributed by atoms with Crippen molar-refractivity contribution in [1.82, 2.24) is 5.32 Å². The van der Waals surface area contributed by atoms with Crippen LogP contribution in [0.15, 0.2) is 30.3 Å². The summed E-state index contributed by atoms with van der Waals surface area (Å²) in [6.45, 7) is 2.13. The number of benzene rings is 1. The summed E-state index contributed by atoms with van der Waals surface area (Å²) in [6.07, 6.45) is 3.98. The first-order chi connectivity index (χ1) is 11.1. The van der Waals surface area contributed by atoms with E-state index < -0.39 is 18.1 Å². The Morgan fingerprint density at radius 3 is 2.35 bits per heavy atom. The molecule has 1 aromatic rings. The lowest BCUT2D eigenvalue weighted by atomic mass is 10.1. The van der Waals surface area contributed by atoms with Crippen molar-refractivity contribution in [2.24, 2.45) is 0 Å². The van der Waals surface area contributed by atoms with Crippen LogP contribution < -0.4 is 5.32 Å². The molecule has 1 aromatic carbocycles. The van der Waals surface area contributed by atoms with Gasteiger partial charge in [-0.25, -0.2) is 4.79 Å². The van der Waals surface area contributed by atoms with Crippen molar-refractivity contribution >= 4 is 11.9 Å². The van der Waals surface area contributed by atoms with E-state index in [9.17, 15) is 9.59 Å². The van der Waals surface area contributed by atoms with Crippen LogP contribution in [0.3, 0.4) is 0 Å². The fourth-order valence-electron chi connectivity index (χ4n) is 2.44. The maximum atomic E-state index is 12.5. The third kappa shape index (κ3) is 6.40. The van der Waals surface area contributed by atoms with E-state index in [1.165, 1.54) is 14.2 Å². The summed E-state index contributed by atoms with van der Waals surface area (Å²) in [4.78, 5) is 24.3. The zero-order valence-electron chi connectivity index (χ0n) is 14.2. The molecule has 0 bridgehead atoms. The second kappa shape index (κ2) is 10.8. The molecule has 23 heavy (non-hydrogen) atoms. The lowest BCUT2D eigenvalue weighted by Crippen LogP contribution is -2.44. The maximum Gasteiger partial charge on any atom is 0.328 e. The summed E-state index contributed by atoms with van der Waals surface area (Å²) < 4.78 is 10.1. The summed E-state index contributed by atoms with van der Waals surface area (Å²) in [5.74, 6) is -0.748. The highest BCUT2D eigenvalue weighted by molar-refractivity contribution is 5.87.